The highest BCUT2D eigenvalue weighted by Crippen LogP contribution is 2.42. The fourth-order valence-electron chi connectivity index (χ4n) is 4.40. The summed E-state index contributed by atoms with van der Waals surface area (Å²) in [5.41, 5.74) is 5.95. The zero-order chi connectivity index (χ0) is 24.5. The number of carbonyl (C=O) groups is 1. The number of hydrogen-bond acceptors (Lipinski definition) is 3. The molecular weight excluding hydrogens is 472 g/mol. The second-order valence-corrected chi connectivity index (χ2v) is 8.94. The summed E-state index contributed by atoms with van der Waals surface area (Å²) in [6.45, 7) is 0.656. The fourth-order valence-corrected chi connectivity index (χ4v) is 4.76. The molecule has 1 amide bonds. The number of carbonyl (C=O) groups excluding carboxylic acids is 1. The predicted molar refractivity (Wildman–Crippen MR) is 122 cm³/mol. The molecular formula is C24H23ClF4N4O. The number of rotatable bonds is 6. The number of aromatic amines is 1. The van der Waals surface area contributed by atoms with Crippen molar-refractivity contribution in [1.82, 2.24) is 10.2 Å². The Balaban J connectivity index is 1.38. The summed E-state index contributed by atoms with van der Waals surface area (Å²) < 4.78 is 53.1. The van der Waals surface area contributed by atoms with Gasteiger partial charge in [-0.05, 0) is 85.0 Å². The van der Waals surface area contributed by atoms with Crippen LogP contribution in [0.25, 0.3) is 11.3 Å². The summed E-state index contributed by atoms with van der Waals surface area (Å²) in [5.74, 6) is -0.501. The topological polar surface area (TPSA) is 83.8 Å². The van der Waals surface area contributed by atoms with Crippen LogP contribution < -0.4 is 11.1 Å². The van der Waals surface area contributed by atoms with Crippen molar-refractivity contribution in [2.75, 3.05) is 11.9 Å². The van der Waals surface area contributed by atoms with Crippen LogP contribution in [0, 0.1) is 11.7 Å². The molecule has 2 aromatic carbocycles. The van der Waals surface area contributed by atoms with Gasteiger partial charge >= 0.3 is 6.18 Å². The van der Waals surface area contributed by atoms with Crippen LogP contribution in [-0.2, 0) is 6.18 Å². The summed E-state index contributed by atoms with van der Waals surface area (Å²) in [6, 6.07) is 9.68. The van der Waals surface area contributed by atoms with Crippen LogP contribution in [0.1, 0.15) is 53.1 Å². The zero-order valence-electron chi connectivity index (χ0n) is 18.1. The molecule has 180 valence electrons. The maximum Gasteiger partial charge on any atom is 0.416 e. The molecule has 0 aliphatic heterocycles. The minimum atomic E-state index is -4.60. The lowest BCUT2D eigenvalue weighted by Crippen LogP contribution is -2.22. The first-order valence-electron chi connectivity index (χ1n) is 10.9. The lowest BCUT2D eigenvalue weighted by molar-refractivity contribution is -0.137. The maximum absolute atomic E-state index is 13.3. The number of halogens is 5. The highest BCUT2D eigenvalue weighted by molar-refractivity contribution is 6.34. The molecule has 1 aromatic heterocycles. The van der Waals surface area contributed by atoms with E-state index < -0.39 is 17.6 Å². The molecule has 0 saturated heterocycles. The summed E-state index contributed by atoms with van der Waals surface area (Å²) in [4.78, 5) is 11.7. The number of H-pyrrole nitrogens is 1. The number of nitrogens with zero attached hydrogens (tertiary/aromatic N) is 1. The molecule has 0 unspecified atom stereocenters. The van der Waals surface area contributed by atoms with Crippen molar-refractivity contribution in [3.05, 3.63) is 70.0 Å². The number of nitrogens with two attached hydrogens (primary N) is 1. The Bertz CT molecular complexity index is 1170. The molecule has 4 N–H and O–H groups in total. The van der Waals surface area contributed by atoms with Gasteiger partial charge in [0.05, 0.1) is 21.8 Å². The maximum atomic E-state index is 13.3. The Labute approximate surface area is 198 Å². The lowest BCUT2D eigenvalue weighted by Gasteiger charge is -2.30. The number of aromatic nitrogens is 2. The molecule has 4 rings (SSSR count). The normalized spacial score (nSPS) is 18.6. The van der Waals surface area contributed by atoms with Crippen molar-refractivity contribution in [3.8, 4) is 11.3 Å². The molecule has 1 aliphatic carbocycles. The van der Waals surface area contributed by atoms with E-state index in [1.54, 1.807) is 12.1 Å². The smallest absolute Gasteiger partial charge is 0.368 e. The third-order valence-corrected chi connectivity index (χ3v) is 6.71. The predicted octanol–water partition coefficient (Wildman–Crippen LogP) is 6.37. The number of hydrogen-bond donors (Lipinski definition) is 3. The van der Waals surface area contributed by atoms with Gasteiger partial charge in [-0.15, -0.1) is 0 Å². The third kappa shape index (κ3) is 5.35. The van der Waals surface area contributed by atoms with Crippen LogP contribution in [-0.4, -0.2) is 22.6 Å². The van der Waals surface area contributed by atoms with Gasteiger partial charge in [0.1, 0.15) is 11.6 Å². The largest absolute Gasteiger partial charge is 0.416 e. The summed E-state index contributed by atoms with van der Waals surface area (Å²) in [5, 5.41) is 10.4. The van der Waals surface area contributed by atoms with E-state index in [1.165, 1.54) is 12.1 Å². The van der Waals surface area contributed by atoms with Crippen LogP contribution in [0.15, 0.2) is 42.5 Å². The molecule has 10 heteroatoms. The summed E-state index contributed by atoms with van der Waals surface area (Å²) in [7, 11) is 0. The number of benzene rings is 2. The number of primary amides is 1. The quantitative estimate of drug-likeness (QED) is 0.348. The zero-order valence-corrected chi connectivity index (χ0v) is 18.8. The fraction of sp³-hybridized carbons (Fsp3) is 0.333. The Morgan fingerprint density at radius 3 is 2.41 bits per heavy atom. The van der Waals surface area contributed by atoms with Crippen molar-refractivity contribution in [2.24, 2.45) is 11.7 Å². The minimum Gasteiger partial charge on any atom is -0.368 e. The van der Waals surface area contributed by atoms with Crippen LogP contribution in [0.4, 0.5) is 23.4 Å². The van der Waals surface area contributed by atoms with E-state index in [9.17, 15) is 22.4 Å². The Hall–Kier alpha value is -3.07. The van der Waals surface area contributed by atoms with Crippen molar-refractivity contribution >= 4 is 23.3 Å². The van der Waals surface area contributed by atoms with E-state index in [2.05, 4.69) is 15.5 Å². The second kappa shape index (κ2) is 9.66. The van der Waals surface area contributed by atoms with Gasteiger partial charge < -0.3 is 11.1 Å². The number of anilines is 1. The lowest BCUT2D eigenvalue weighted by atomic mass is 9.78. The highest BCUT2D eigenvalue weighted by atomic mass is 35.5. The van der Waals surface area contributed by atoms with E-state index in [0.29, 0.717) is 42.8 Å². The van der Waals surface area contributed by atoms with E-state index in [-0.39, 0.29) is 22.3 Å². The number of alkyl halides is 3. The molecule has 5 nitrogen and oxygen atoms in total. The molecule has 0 radical (unpaired) electrons. The molecule has 0 atom stereocenters. The van der Waals surface area contributed by atoms with Gasteiger partial charge in [0.2, 0.25) is 5.91 Å². The Morgan fingerprint density at radius 2 is 1.79 bits per heavy atom. The molecule has 0 spiro atoms. The van der Waals surface area contributed by atoms with Gasteiger partial charge in [-0.3, -0.25) is 9.89 Å². The second-order valence-electron chi connectivity index (χ2n) is 8.56. The number of amides is 1. The van der Waals surface area contributed by atoms with Crippen LogP contribution in [0.2, 0.25) is 5.02 Å². The summed E-state index contributed by atoms with van der Waals surface area (Å²) in [6.07, 6.45) is -1.74. The molecule has 1 heterocycles. The molecule has 0 bridgehead atoms. The van der Waals surface area contributed by atoms with Gasteiger partial charge in [-0.25, -0.2) is 4.39 Å². The highest BCUT2D eigenvalue weighted by Gasteiger charge is 2.34. The van der Waals surface area contributed by atoms with E-state index in [1.807, 2.05) is 6.07 Å². The van der Waals surface area contributed by atoms with E-state index in [4.69, 9.17) is 17.3 Å². The summed E-state index contributed by atoms with van der Waals surface area (Å²) >= 11 is 6.29. The monoisotopic (exact) mass is 494 g/mol. The van der Waals surface area contributed by atoms with Crippen molar-refractivity contribution in [3.63, 3.8) is 0 Å². The SMILES string of the molecule is NC(=O)c1cc(C(F)(F)F)cc(C2CCC(CNc3cc(-c4ccc(F)cc4)[nH]n3)CC2)c1Cl. The van der Waals surface area contributed by atoms with Crippen LogP contribution >= 0.6 is 11.6 Å². The molecule has 1 fully saturated rings. The van der Waals surface area contributed by atoms with Gasteiger partial charge in [0.15, 0.2) is 0 Å². The standard InChI is InChI=1S/C24H23ClF4N4O/c25-22-18(9-16(24(27,28)29)10-19(22)23(30)34)14-3-1-13(2-4-14)12-31-21-11-20(32-33-21)15-5-7-17(26)8-6-15/h5-11,13-14H,1-4,12H2,(H2,30,34)(H2,31,32,33). The molecule has 1 saturated carbocycles. The van der Waals surface area contributed by atoms with Gasteiger partial charge in [-0.2, -0.15) is 18.3 Å². The average Bonchev–Trinajstić information content (AvgIpc) is 3.27. The van der Waals surface area contributed by atoms with Crippen molar-refractivity contribution in [2.45, 2.75) is 37.8 Å². The Morgan fingerprint density at radius 1 is 1.12 bits per heavy atom. The van der Waals surface area contributed by atoms with Crippen molar-refractivity contribution < 1.29 is 22.4 Å². The van der Waals surface area contributed by atoms with Gasteiger partial charge in [0, 0.05) is 12.6 Å². The molecule has 1 aliphatic rings. The molecule has 3 aromatic rings. The van der Waals surface area contributed by atoms with Crippen molar-refractivity contribution in [1.29, 1.82) is 0 Å². The first-order chi connectivity index (χ1) is 16.1. The van der Waals surface area contributed by atoms with Gasteiger partial charge in [-0.1, -0.05) is 11.6 Å². The van der Waals surface area contributed by atoms with E-state index >= 15 is 0 Å². The minimum absolute atomic E-state index is 0.00641. The van der Waals surface area contributed by atoms with E-state index in [0.717, 1.165) is 30.2 Å². The van der Waals surface area contributed by atoms with Gasteiger partial charge in [0.25, 0.3) is 0 Å². The number of nitrogens with one attached hydrogen (secondary N) is 2. The average molecular weight is 495 g/mol. The van der Waals surface area contributed by atoms with Crippen LogP contribution in [0.5, 0.6) is 0 Å². The Kier molecular flexibility index (Phi) is 6.84. The first kappa shape index (κ1) is 24.1. The first-order valence-corrected chi connectivity index (χ1v) is 11.2. The van der Waals surface area contributed by atoms with Crippen LogP contribution in [0.3, 0.4) is 0 Å². The molecule has 34 heavy (non-hydrogen) atoms. The third-order valence-electron chi connectivity index (χ3n) is 6.29.